The van der Waals surface area contributed by atoms with E-state index >= 15 is 0 Å². The molecular formula is C23H23F2N5O5S. The zero-order valence-corrected chi connectivity index (χ0v) is 19.8. The molecule has 2 saturated heterocycles. The number of anilines is 2. The average Bonchev–Trinajstić information content (AvgIpc) is 3.60. The Balaban J connectivity index is 1.21. The van der Waals surface area contributed by atoms with Gasteiger partial charge >= 0.3 is 12.6 Å². The van der Waals surface area contributed by atoms with Crippen molar-refractivity contribution in [1.29, 1.82) is 0 Å². The van der Waals surface area contributed by atoms with Crippen molar-refractivity contribution in [3.8, 4) is 17.1 Å². The van der Waals surface area contributed by atoms with Gasteiger partial charge in [-0.15, -0.1) is 0 Å². The van der Waals surface area contributed by atoms with Crippen molar-refractivity contribution in [3.05, 3.63) is 41.0 Å². The second-order valence-electron chi connectivity index (χ2n) is 8.72. The molecule has 2 amide bonds. The number of hydrogen-bond acceptors (Lipinski definition) is 9. The topological polar surface area (TPSA) is 111 Å². The van der Waals surface area contributed by atoms with E-state index in [1.54, 1.807) is 18.3 Å². The summed E-state index contributed by atoms with van der Waals surface area (Å²) in [5.74, 6) is 0.483. The third-order valence-electron chi connectivity index (χ3n) is 6.32. The molecule has 0 saturated carbocycles. The third-order valence-corrected chi connectivity index (χ3v) is 7.43. The van der Waals surface area contributed by atoms with E-state index in [0.717, 1.165) is 17.0 Å². The molecule has 6 rings (SSSR count). The smallest absolute Gasteiger partial charge is 0.387 e. The summed E-state index contributed by atoms with van der Waals surface area (Å²) in [6, 6.07) is 6.19. The van der Waals surface area contributed by atoms with Crippen LogP contribution < -0.4 is 20.3 Å². The molecule has 36 heavy (non-hydrogen) atoms. The van der Waals surface area contributed by atoms with Crippen LogP contribution in [0.25, 0.3) is 11.3 Å². The Labute approximate surface area is 208 Å². The maximum atomic E-state index is 12.6. The van der Waals surface area contributed by atoms with Gasteiger partial charge in [0, 0.05) is 18.6 Å². The first-order valence-electron chi connectivity index (χ1n) is 11.6. The van der Waals surface area contributed by atoms with Crippen LogP contribution in [-0.2, 0) is 15.9 Å². The number of nitrogens with zero attached hydrogens (tertiary/aromatic N) is 3. The van der Waals surface area contributed by atoms with Gasteiger partial charge in [-0.05, 0) is 18.6 Å². The van der Waals surface area contributed by atoms with E-state index in [2.05, 4.69) is 30.2 Å². The van der Waals surface area contributed by atoms with Gasteiger partial charge in [-0.25, -0.2) is 14.8 Å². The number of nitrogens with one attached hydrogen (secondary N) is 2. The van der Waals surface area contributed by atoms with E-state index in [9.17, 15) is 13.6 Å². The van der Waals surface area contributed by atoms with Gasteiger partial charge in [-0.3, -0.25) is 5.32 Å². The SMILES string of the molecule is O=C(Nc1nc2c(s1)[C@@H]1COC[C@H](C2)N1c1ncc(-c2cccc(OC(F)F)c2)o1)N[C@@H]1CCOC1. The number of hydrogen-bond donors (Lipinski definition) is 2. The largest absolute Gasteiger partial charge is 0.435 e. The number of halogens is 2. The molecule has 0 unspecified atom stereocenters. The lowest BCUT2D eigenvalue weighted by Gasteiger charge is -2.43. The zero-order chi connectivity index (χ0) is 24.6. The van der Waals surface area contributed by atoms with Gasteiger partial charge in [-0.1, -0.05) is 23.5 Å². The minimum absolute atomic E-state index is 0.00421. The highest BCUT2D eigenvalue weighted by atomic mass is 32.1. The number of amides is 2. The number of carbonyl (C=O) groups is 1. The highest BCUT2D eigenvalue weighted by molar-refractivity contribution is 7.16. The molecule has 0 radical (unpaired) electrons. The minimum Gasteiger partial charge on any atom is -0.435 e. The summed E-state index contributed by atoms with van der Waals surface area (Å²) in [5, 5.41) is 6.27. The zero-order valence-electron chi connectivity index (χ0n) is 19.0. The fraction of sp³-hybridized carbons (Fsp3) is 0.435. The third kappa shape index (κ3) is 4.61. The van der Waals surface area contributed by atoms with Crippen LogP contribution in [0.4, 0.5) is 24.7 Å². The predicted octanol–water partition coefficient (Wildman–Crippen LogP) is 3.81. The van der Waals surface area contributed by atoms with Gasteiger partial charge in [-0.2, -0.15) is 8.78 Å². The van der Waals surface area contributed by atoms with Crippen LogP contribution in [0.15, 0.2) is 34.9 Å². The second kappa shape index (κ2) is 9.64. The second-order valence-corrected chi connectivity index (χ2v) is 9.75. The van der Waals surface area contributed by atoms with Crippen LogP contribution in [0.1, 0.15) is 23.0 Å². The molecule has 3 aromatic rings. The number of carbonyl (C=O) groups excluding carboxylic acids is 1. The molecule has 13 heteroatoms. The van der Waals surface area contributed by atoms with Gasteiger partial charge < -0.3 is 28.8 Å². The molecular weight excluding hydrogens is 496 g/mol. The normalized spacial score (nSPS) is 23.0. The molecule has 2 aromatic heterocycles. The minimum atomic E-state index is -2.91. The first-order valence-corrected chi connectivity index (χ1v) is 12.4. The van der Waals surface area contributed by atoms with Crippen molar-refractivity contribution in [1.82, 2.24) is 15.3 Å². The van der Waals surface area contributed by atoms with E-state index in [1.165, 1.54) is 23.5 Å². The van der Waals surface area contributed by atoms with E-state index in [-0.39, 0.29) is 29.9 Å². The summed E-state index contributed by atoms with van der Waals surface area (Å²) in [6.45, 7) is -0.846. The molecule has 190 valence electrons. The molecule has 5 heterocycles. The summed E-state index contributed by atoms with van der Waals surface area (Å²) in [6.07, 6.45) is 2.97. The Hall–Kier alpha value is -3.29. The summed E-state index contributed by atoms with van der Waals surface area (Å²) < 4.78 is 46.9. The van der Waals surface area contributed by atoms with Crippen molar-refractivity contribution in [2.75, 3.05) is 36.6 Å². The van der Waals surface area contributed by atoms with Crippen molar-refractivity contribution < 1.29 is 32.2 Å². The summed E-state index contributed by atoms with van der Waals surface area (Å²) in [4.78, 5) is 24.6. The quantitative estimate of drug-likeness (QED) is 0.506. The van der Waals surface area contributed by atoms with Crippen molar-refractivity contribution in [2.24, 2.45) is 0 Å². The summed E-state index contributed by atoms with van der Waals surface area (Å²) in [7, 11) is 0. The fourth-order valence-corrected chi connectivity index (χ4v) is 5.81. The highest BCUT2D eigenvalue weighted by Gasteiger charge is 2.42. The van der Waals surface area contributed by atoms with Crippen molar-refractivity contribution >= 4 is 28.5 Å². The van der Waals surface area contributed by atoms with Crippen LogP contribution in [0.5, 0.6) is 5.75 Å². The maximum Gasteiger partial charge on any atom is 0.387 e. The summed E-state index contributed by atoms with van der Waals surface area (Å²) >= 11 is 1.41. The molecule has 0 aliphatic carbocycles. The van der Waals surface area contributed by atoms with Crippen LogP contribution in [0.3, 0.4) is 0 Å². The lowest BCUT2D eigenvalue weighted by molar-refractivity contribution is -0.0498. The Bertz CT molecular complexity index is 1250. The Morgan fingerprint density at radius 1 is 1.25 bits per heavy atom. The molecule has 3 aliphatic heterocycles. The van der Waals surface area contributed by atoms with Gasteiger partial charge in [0.15, 0.2) is 10.9 Å². The van der Waals surface area contributed by atoms with E-state index in [0.29, 0.717) is 55.3 Å². The number of benzene rings is 1. The molecule has 3 aliphatic rings. The molecule has 2 fully saturated rings. The molecule has 3 atom stereocenters. The van der Waals surface area contributed by atoms with E-state index in [4.69, 9.17) is 13.9 Å². The fourth-order valence-electron chi connectivity index (χ4n) is 4.74. The average molecular weight is 520 g/mol. The number of thiazole rings is 1. The molecule has 2 bridgehead atoms. The van der Waals surface area contributed by atoms with E-state index in [1.807, 2.05) is 0 Å². The Morgan fingerprint density at radius 2 is 2.17 bits per heavy atom. The molecule has 2 N–H and O–H groups in total. The number of morpholine rings is 1. The number of oxazole rings is 1. The Kier molecular flexibility index (Phi) is 6.19. The Morgan fingerprint density at radius 3 is 3.00 bits per heavy atom. The van der Waals surface area contributed by atoms with Gasteiger partial charge in [0.1, 0.15) is 5.75 Å². The molecule has 10 nitrogen and oxygen atoms in total. The number of urea groups is 1. The highest BCUT2D eigenvalue weighted by Crippen LogP contribution is 2.44. The number of alkyl halides is 2. The van der Waals surface area contributed by atoms with Gasteiger partial charge in [0.2, 0.25) is 0 Å². The van der Waals surface area contributed by atoms with Crippen LogP contribution in [0.2, 0.25) is 0 Å². The van der Waals surface area contributed by atoms with Crippen LogP contribution in [0, 0.1) is 0 Å². The number of rotatable bonds is 6. The van der Waals surface area contributed by atoms with Crippen molar-refractivity contribution in [2.45, 2.75) is 37.6 Å². The first-order chi connectivity index (χ1) is 17.5. The van der Waals surface area contributed by atoms with Crippen LogP contribution in [-0.4, -0.2) is 61.1 Å². The van der Waals surface area contributed by atoms with Crippen molar-refractivity contribution in [3.63, 3.8) is 0 Å². The predicted molar refractivity (Wildman–Crippen MR) is 126 cm³/mol. The standard InChI is InChI=1S/C23H23F2N5O5S/c24-20(25)34-15-3-1-2-12(6-15)18-8-26-23(35-18)30-14-7-16-19(17(30)11-33-10-14)36-22(28-16)29-21(31)27-13-4-5-32-9-13/h1-3,6,8,13-14,17,20H,4-5,7,9-11H2,(H2,27,28,29,31)/t13-,14+,17+/m1/s1. The lowest BCUT2D eigenvalue weighted by Crippen LogP contribution is -2.51. The number of ether oxygens (including phenoxy) is 3. The molecule has 0 spiro atoms. The maximum absolute atomic E-state index is 12.6. The summed E-state index contributed by atoms with van der Waals surface area (Å²) in [5.41, 5.74) is 1.51. The van der Waals surface area contributed by atoms with Gasteiger partial charge in [0.25, 0.3) is 6.01 Å². The number of fused-ring (bicyclic) bond motifs is 4. The van der Waals surface area contributed by atoms with E-state index < -0.39 is 6.61 Å². The molecule has 1 aromatic carbocycles. The monoisotopic (exact) mass is 519 g/mol. The van der Waals surface area contributed by atoms with Gasteiger partial charge in [0.05, 0.1) is 54.7 Å². The first kappa shape index (κ1) is 23.1. The lowest BCUT2D eigenvalue weighted by atomic mass is 9.97. The van der Waals surface area contributed by atoms with Crippen LogP contribution >= 0.6 is 11.3 Å². The number of aromatic nitrogens is 2.